The molecule has 0 amide bonds. The molecule has 0 radical (unpaired) electrons. The highest BCUT2D eigenvalue weighted by molar-refractivity contribution is 5.79. The molecule has 0 aliphatic rings. The average molecular weight is 346 g/mol. The van der Waals surface area contributed by atoms with Gasteiger partial charge in [-0.1, -0.05) is 6.92 Å². The van der Waals surface area contributed by atoms with E-state index >= 15 is 0 Å². The van der Waals surface area contributed by atoms with Gasteiger partial charge in [-0.15, -0.1) is 0 Å². The van der Waals surface area contributed by atoms with Crippen molar-refractivity contribution in [3.05, 3.63) is 23.3 Å². The topological polar surface area (TPSA) is 93.7 Å². The number of methoxy groups -OCH3 is 5. The molecule has 1 unspecified atom stereocenters. The Balaban J connectivity index is 3.71. The number of ether oxygens (including phenoxy) is 5. The Morgan fingerprint density at radius 3 is 1.68 bits per heavy atom. The zero-order valence-corrected chi connectivity index (χ0v) is 15.2. The predicted molar refractivity (Wildman–Crippen MR) is 91.2 cm³/mol. The van der Waals surface area contributed by atoms with E-state index in [9.17, 15) is 10.5 Å². The molecule has 1 aromatic carbocycles. The molecule has 0 bridgehead atoms. The Bertz CT molecular complexity index is 670. The maximum Gasteiger partial charge on any atom is 0.203 e. The van der Waals surface area contributed by atoms with E-state index in [1.165, 1.54) is 35.5 Å². The fourth-order valence-corrected chi connectivity index (χ4v) is 2.66. The largest absolute Gasteiger partial charge is 0.493 e. The fraction of sp³-hybridized carbons (Fsp3) is 0.444. The highest BCUT2D eigenvalue weighted by Crippen LogP contribution is 2.42. The van der Waals surface area contributed by atoms with Gasteiger partial charge >= 0.3 is 0 Å². The van der Waals surface area contributed by atoms with Crippen LogP contribution in [0.3, 0.4) is 0 Å². The number of hydrogen-bond acceptors (Lipinski definition) is 7. The van der Waals surface area contributed by atoms with Crippen LogP contribution in [0.1, 0.15) is 12.5 Å². The van der Waals surface area contributed by atoms with Gasteiger partial charge in [0.2, 0.25) is 5.75 Å². The van der Waals surface area contributed by atoms with E-state index in [0.717, 1.165) is 0 Å². The lowest BCUT2D eigenvalue weighted by molar-refractivity contribution is -0.120. The summed E-state index contributed by atoms with van der Waals surface area (Å²) in [5, 5.41) is 18.8. The van der Waals surface area contributed by atoms with E-state index in [0.29, 0.717) is 28.4 Å². The van der Waals surface area contributed by atoms with Crippen molar-refractivity contribution >= 4 is 5.57 Å². The van der Waals surface area contributed by atoms with Gasteiger partial charge < -0.3 is 23.7 Å². The number of nitrogens with zero attached hydrogens (tertiary/aromatic N) is 2. The van der Waals surface area contributed by atoms with Gasteiger partial charge in [-0.3, -0.25) is 0 Å². The van der Waals surface area contributed by atoms with Crippen LogP contribution in [0.15, 0.2) is 17.7 Å². The van der Waals surface area contributed by atoms with E-state index < -0.39 is 12.2 Å². The van der Waals surface area contributed by atoms with Gasteiger partial charge in [0.05, 0.1) is 21.3 Å². The molecule has 0 aliphatic heterocycles. The zero-order valence-electron chi connectivity index (χ0n) is 15.2. The van der Waals surface area contributed by atoms with E-state index in [1.807, 2.05) is 19.1 Å². The first kappa shape index (κ1) is 20.3. The van der Waals surface area contributed by atoms with Crippen LogP contribution >= 0.6 is 0 Å². The van der Waals surface area contributed by atoms with Gasteiger partial charge in [0.25, 0.3) is 0 Å². The molecule has 1 aromatic rings. The molecule has 0 aromatic heterocycles. The molecule has 0 saturated carbocycles. The SMILES string of the molecule is COc1cc(C(=C(C#N)C#N)C(C)C(OC)OC)cc(OC)c1OC. The molecule has 0 heterocycles. The van der Waals surface area contributed by atoms with Crippen LogP contribution in [-0.4, -0.2) is 41.8 Å². The Morgan fingerprint density at radius 1 is 0.880 bits per heavy atom. The minimum Gasteiger partial charge on any atom is -0.493 e. The average Bonchev–Trinajstić information content (AvgIpc) is 2.65. The second-order valence-electron chi connectivity index (χ2n) is 5.05. The third-order valence-corrected chi connectivity index (χ3v) is 3.80. The molecule has 0 N–H and O–H groups in total. The van der Waals surface area contributed by atoms with Gasteiger partial charge in [0.1, 0.15) is 17.7 Å². The number of allylic oxidation sites excluding steroid dienone is 1. The Kier molecular flexibility index (Phi) is 7.74. The quantitative estimate of drug-likeness (QED) is 0.527. The Morgan fingerprint density at radius 2 is 1.36 bits per heavy atom. The van der Waals surface area contributed by atoms with Crippen molar-refractivity contribution in [3.8, 4) is 29.4 Å². The molecule has 7 heteroatoms. The predicted octanol–water partition coefficient (Wildman–Crippen LogP) is 2.77. The molecule has 0 spiro atoms. The lowest BCUT2D eigenvalue weighted by atomic mass is 9.89. The summed E-state index contributed by atoms with van der Waals surface area (Å²) in [5.41, 5.74) is 1.01. The molecular weight excluding hydrogens is 324 g/mol. The van der Waals surface area contributed by atoms with Crippen molar-refractivity contribution in [1.82, 2.24) is 0 Å². The smallest absolute Gasteiger partial charge is 0.203 e. The minimum atomic E-state index is -0.634. The van der Waals surface area contributed by atoms with Crippen LogP contribution in [0.25, 0.3) is 5.57 Å². The lowest BCUT2D eigenvalue weighted by Gasteiger charge is -2.25. The maximum atomic E-state index is 9.39. The van der Waals surface area contributed by atoms with E-state index in [1.54, 1.807) is 12.1 Å². The van der Waals surface area contributed by atoms with Crippen molar-refractivity contribution in [2.24, 2.45) is 5.92 Å². The Labute approximate surface area is 147 Å². The highest BCUT2D eigenvalue weighted by atomic mass is 16.7. The summed E-state index contributed by atoms with van der Waals surface area (Å²) in [6.45, 7) is 1.81. The number of rotatable bonds is 8. The van der Waals surface area contributed by atoms with Crippen molar-refractivity contribution in [1.29, 1.82) is 10.5 Å². The first-order valence-corrected chi connectivity index (χ1v) is 7.43. The van der Waals surface area contributed by atoms with Crippen LogP contribution in [0.2, 0.25) is 0 Å². The lowest BCUT2D eigenvalue weighted by Crippen LogP contribution is -2.24. The standard InChI is InChI=1S/C18H22N2O5/c1-11(18(24-5)25-6)16(13(9-19)10-20)12-7-14(21-2)17(23-4)15(8-12)22-3/h7-8,11,18H,1-6H3. The van der Waals surface area contributed by atoms with Crippen molar-refractivity contribution in [3.63, 3.8) is 0 Å². The summed E-state index contributed by atoms with van der Waals surface area (Å²) in [4.78, 5) is 0. The second kappa shape index (κ2) is 9.53. The van der Waals surface area contributed by atoms with Crippen LogP contribution in [0.4, 0.5) is 0 Å². The molecule has 7 nitrogen and oxygen atoms in total. The van der Waals surface area contributed by atoms with Crippen LogP contribution in [-0.2, 0) is 9.47 Å². The molecule has 0 fully saturated rings. The van der Waals surface area contributed by atoms with Crippen LogP contribution < -0.4 is 14.2 Å². The minimum absolute atomic E-state index is 0.0409. The molecular formula is C18H22N2O5. The van der Waals surface area contributed by atoms with Crippen LogP contribution in [0.5, 0.6) is 17.2 Å². The number of benzene rings is 1. The van der Waals surface area contributed by atoms with Gasteiger partial charge in [-0.25, -0.2) is 0 Å². The normalized spacial score (nSPS) is 11.2. The molecule has 134 valence electrons. The zero-order chi connectivity index (χ0) is 19.0. The van der Waals surface area contributed by atoms with Gasteiger partial charge in [0.15, 0.2) is 17.8 Å². The third kappa shape index (κ3) is 4.21. The summed E-state index contributed by atoms with van der Waals surface area (Å²) in [7, 11) is 7.49. The summed E-state index contributed by atoms with van der Waals surface area (Å²) < 4.78 is 26.6. The monoisotopic (exact) mass is 346 g/mol. The van der Waals surface area contributed by atoms with E-state index in [4.69, 9.17) is 23.7 Å². The van der Waals surface area contributed by atoms with Crippen molar-refractivity contribution in [2.45, 2.75) is 13.2 Å². The summed E-state index contributed by atoms with van der Waals surface area (Å²) in [6, 6.07) is 7.23. The first-order chi connectivity index (χ1) is 12.0. The van der Waals surface area contributed by atoms with E-state index in [-0.39, 0.29) is 5.57 Å². The summed E-state index contributed by atoms with van der Waals surface area (Å²) in [5.74, 6) is 0.865. The van der Waals surface area contributed by atoms with Crippen molar-refractivity contribution < 1.29 is 23.7 Å². The van der Waals surface area contributed by atoms with Crippen molar-refractivity contribution in [2.75, 3.05) is 35.5 Å². The molecule has 1 rings (SSSR count). The molecule has 0 aliphatic carbocycles. The molecule has 0 saturated heterocycles. The fourth-order valence-electron chi connectivity index (χ4n) is 2.66. The maximum absolute atomic E-state index is 9.39. The molecule has 1 atom stereocenters. The van der Waals surface area contributed by atoms with Gasteiger partial charge in [0, 0.05) is 20.1 Å². The first-order valence-electron chi connectivity index (χ1n) is 7.43. The Hall–Kier alpha value is -2.74. The second-order valence-corrected chi connectivity index (χ2v) is 5.05. The summed E-state index contributed by atoms with van der Waals surface area (Å²) >= 11 is 0. The van der Waals surface area contributed by atoms with E-state index in [2.05, 4.69) is 0 Å². The van der Waals surface area contributed by atoms with Gasteiger partial charge in [-0.2, -0.15) is 10.5 Å². The summed E-state index contributed by atoms with van der Waals surface area (Å²) in [6.07, 6.45) is -0.634. The van der Waals surface area contributed by atoms with Gasteiger partial charge in [-0.05, 0) is 23.3 Å². The number of hydrogen-bond donors (Lipinski definition) is 0. The third-order valence-electron chi connectivity index (χ3n) is 3.80. The number of nitriles is 2. The highest BCUT2D eigenvalue weighted by Gasteiger charge is 2.27. The molecule has 25 heavy (non-hydrogen) atoms. The van der Waals surface area contributed by atoms with Crippen LogP contribution in [0, 0.1) is 28.6 Å².